The lowest BCUT2D eigenvalue weighted by Gasteiger charge is -2.09. The normalized spacial score (nSPS) is 10.3. The van der Waals surface area contributed by atoms with E-state index in [0.29, 0.717) is 5.75 Å². The van der Waals surface area contributed by atoms with Gasteiger partial charge in [0, 0.05) is 6.20 Å². The minimum absolute atomic E-state index is 0.00228. The van der Waals surface area contributed by atoms with Crippen molar-refractivity contribution in [2.45, 2.75) is 26.6 Å². The Bertz CT molecular complexity index is 248. The summed E-state index contributed by atoms with van der Waals surface area (Å²) < 4.78 is 5.38. The Labute approximate surface area is 72.0 Å². The summed E-state index contributed by atoms with van der Waals surface area (Å²) in [7, 11) is 0. The standard InChI is InChI=1S/C9H13NO2/c1-7(2)12-9-3-8(6-11)4-10-5-9/h3-5,7,11H,6H2,1-2H3. The predicted octanol–water partition coefficient (Wildman–Crippen LogP) is 1.36. The summed E-state index contributed by atoms with van der Waals surface area (Å²) in [6, 6.07) is 1.78. The quantitative estimate of drug-likeness (QED) is 0.739. The van der Waals surface area contributed by atoms with Gasteiger partial charge in [0.2, 0.25) is 0 Å². The molecule has 0 saturated carbocycles. The molecule has 1 aromatic rings. The van der Waals surface area contributed by atoms with Gasteiger partial charge < -0.3 is 9.84 Å². The van der Waals surface area contributed by atoms with Gasteiger partial charge >= 0.3 is 0 Å². The largest absolute Gasteiger partial charge is 0.489 e. The van der Waals surface area contributed by atoms with Crippen molar-refractivity contribution in [1.82, 2.24) is 4.98 Å². The van der Waals surface area contributed by atoms with Crippen molar-refractivity contribution in [3.05, 3.63) is 24.0 Å². The van der Waals surface area contributed by atoms with Crippen molar-refractivity contribution in [1.29, 1.82) is 0 Å². The van der Waals surface area contributed by atoms with Gasteiger partial charge in [-0.05, 0) is 25.5 Å². The van der Waals surface area contributed by atoms with Gasteiger partial charge in [0.1, 0.15) is 5.75 Å². The van der Waals surface area contributed by atoms with Crippen LogP contribution in [0.2, 0.25) is 0 Å². The molecule has 3 nitrogen and oxygen atoms in total. The third-order valence-corrected chi connectivity index (χ3v) is 1.32. The van der Waals surface area contributed by atoms with Gasteiger partial charge in [0.15, 0.2) is 0 Å². The van der Waals surface area contributed by atoms with Gasteiger partial charge in [-0.2, -0.15) is 0 Å². The van der Waals surface area contributed by atoms with E-state index < -0.39 is 0 Å². The van der Waals surface area contributed by atoms with Crippen molar-refractivity contribution >= 4 is 0 Å². The Balaban J connectivity index is 2.72. The Hall–Kier alpha value is -1.09. The number of ether oxygens (including phenoxy) is 1. The first-order valence-corrected chi connectivity index (χ1v) is 3.94. The molecule has 0 atom stereocenters. The maximum absolute atomic E-state index is 8.80. The second kappa shape index (κ2) is 4.07. The number of hydrogen-bond acceptors (Lipinski definition) is 3. The first-order chi connectivity index (χ1) is 5.72. The fourth-order valence-electron chi connectivity index (χ4n) is 0.887. The number of aliphatic hydroxyl groups is 1. The molecule has 0 bridgehead atoms. The van der Waals surface area contributed by atoms with E-state index in [4.69, 9.17) is 9.84 Å². The summed E-state index contributed by atoms with van der Waals surface area (Å²) in [5.41, 5.74) is 0.771. The lowest BCUT2D eigenvalue weighted by Crippen LogP contribution is -2.05. The average molecular weight is 167 g/mol. The third-order valence-electron chi connectivity index (χ3n) is 1.32. The second-order valence-corrected chi connectivity index (χ2v) is 2.85. The molecular formula is C9H13NO2. The SMILES string of the molecule is CC(C)Oc1cncc(CO)c1. The molecule has 0 amide bonds. The van der Waals surface area contributed by atoms with Crippen molar-refractivity contribution in [2.75, 3.05) is 0 Å². The molecule has 3 heteroatoms. The second-order valence-electron chi connectivity index (χ2n) is 2.85. The van der Waals surface area contributed by atoms with E-state index in [2.05, 4.69) is 4.98 Å². The molecular weight excluding hydrogens is 154 g/mol. The van der Waals surface area contributed by atoms with E-state index in [9.17, 15) is 0 Å². The van der Waals surface area contributed by atoms with Crippen LogP contribution >= 0.6 is 0 Å². The molecule has 0 saturated heterocycles. The van der Waals surface area contributed by atoms with Gasteiger partial charge in [-0.1, -0.05) is 0 Å². The molecule has 12 heavy (non-hydrogen) atoms. The lowest BCUT2D eigenvalue weighted by molar-refractivity contribution is 0.239. The smallest absolute Gasteiger partial charge is 0.138 e. The Kier molecular flexibility index (Phi) is 3.05. The number of pyridine rings is 1. The molecule has 0 spiro atoms. The van der Waals surface area contributed by atoms with Crippen LogP contribution in [0.15, 0.2) is 18.5 Å². The topological polar surface area (TPSA) is 42.4 Å². The summed E-state index contributed by atoms with van der Waals surface area (Å²) in [6.45, 7) is 3.90. The first-order valence-electron chi connectivity index (χ1n) is 3.94. The third kappa shape index (κ3) is 2.51. The molecule has 0 unspecified atom stereocenters. The van der Waals surface area contributed by atoms with Gasteiger partial charge in [0.25, 0.3) is 0 Å². The lowest BCUT2D eigenvalue weighted by atomic mass is 10.3. The van der Waals surface area contributed by atoms with E-state index in [1.165, 1.54) is 0 Å². The average Bonchev–Trinajstić information content (AvgIpc) is 2.03. The maximum atomic E-state index is 8.80. The zero-order valence-corrected chi connectivity index (χ0v) is 7.32. The Morgan fingerprint density at radius 2 is 2.25 bits per heavy atom. The van der Waals surface area contributed by atoms with E-state index in [0.717, 1.165) is 5.56 Å². The molecule has 1 aromatic heterocycles. The van der Waals surface area contributed by atoms with Crippen molar-refractivity contribution in [2.24, 2.45) is 0 Å². The first kappa shape index (κ1) is 9.00. The van der Waals surface area contributed by atoms with E-state index >= 15 is 0 Å². The molecule has 1 heterocycles. The highest BCUT2D eigenvalue weighted by Gasteiger charge is 1.98. The Morgan fingerprint density at radius 3 is 2.83 bits per heavy atom. The van der Waals surface area contributed by atoms with Crippen LogP contribution in [-0.2, 0) is 6.61 Å². The molecule has 1 rings (SSSR count). The maximum Gasteiger partial charge on any atom is 0.138 e. The van der Waals surface area contributed by atoms with Gasteiger partial charge in [-0.15, -0.1) is 0 Å². The zero-order chi connectivity index (χ0) is 8.97. The summed E-state index contributed by atoms with van der Waals surface area (Å²) >= 11 is 0. The molecule has 0 fully saturated rings. The van der Waals surface area contributed by atoms with Gasteiger partial charge in [0.05, 0.1) is 18.9 Å². The molecule has 0 aromatic carbocycles. The van der Waals surface area contributed by atoms with Crippen LogP contribution < -0.4 is 4.74 Å². The van der Waals surface area contributed by atoms with Crippen molar-refractivity contribution in [3.8, 4) is 5.75 Å². The molecule has 0 aliphatic heterocycles. The van der Waals surface area contributed by atoms with E-state index in [-0.39, 0.29) is 12.7 Å². The van der Waals surface area contributed by atoms with Crippen LogP contribution in [0.4, 0.5) is 0 Å². The molecule has 0 aliphatic carbocycles. The highest BCUT2D eigenvalue weighted by Crippen LogP contribution is 2.12. The number of nitrogens with zero attached hydrogens (tertiary/aromatic N) is 1. The number of aromatic nitrogens is 1. The molecule has 0 aliphatic rings. The highest BCUT2D eigenvalue weighted by molar-refractivity contribution is 5.22. The van der Waals surface area contributed by atoms with Crippen molar-refractivity contribution in [3.63, 3.8) is 0 Å². The van der Waals surface area contributed by atoms with Crippen LogP contribution in [0.25, 0.3) is 0 Å². The van der Waals surface area contributed by atoms with Crippen LogP contribution in [0.3, 0.4) is 0 Å². The monoisotopic (exact) mass is 167 g/mol. The van der Waals surface area contributed by atoms with Crippen LogP contribution in [0, 0.1) is 0 Å². The minimum atomic E-state index is 0.00228. The van der Waals surface area contributed by atoms with E-state index in [1.807, 2.05) is 13.8 Å². The van der Waals surface area contributed by atoms with Crippen molar-refractivity contribution < 1.29 is 9.84 Å². The molecule has 66 valence electrons. The summed E-state index contributed by atoms with van der Waals surface area (Å²) in [5, 5.41) is 8.80. The molecule has 0 radical (unpaired) electrons. The fourth-order valence-corrected chi connectivity index (χ4v) is 0.887. The van der Waals surface area contributed by atoms with Gasteiger partial charge in [-0.3, -0.25) is 4.98 Å². The fraction of sp³-hybridized carbons (Fsp3) is 0.444. The van der Waals surface area contributed by atoms with E-state index in [1.54, 1.807) is 18.5 Å². The summed E-state index contributed by atoms with van der Waals surface area (Å²) in [4.78, 5) is 3.92. The summed E-state index contributed by atoms with van der Waals surface area (Å²) in [5.74, 6) is 0.705. The predicted molar refractivity (Wildman–Crippen MR) is 45.9 cm³/mol. The zero-order valence-electron chi connectivity index (χ0n) is 7.32. The number of aliphatic hydroxyl groups excluding tert-OH is 1. The summed E-state index contributed by atoms with van der Waals surface area (Å²) in [6.07, 6.45) is 3.40. The Morgan fingerprint density at radius 1 is 1.50 bits per heavy atom. The van der Waals surface area contributed by atoms with Crippen LogP contribution in [0.5, 0.6) is 5.75 Å². The highest BCUT2D eigenvalue weighted by atomic mass is 16.5. The van der Waals surface area contributed by atoms with Crippen LogP contribution in [0.1, 0.15) is 19.4 Å². The minimum Gasteiger partial charge on any atom is -0.489 e. The molecule has 1 N–H and O–H groups in total. The van der Waals surface area contributed by atoms with Gasteiger partial charge in [-0.25, -0.2) is 0 Å². The van der Waals surface area contributed by atoms with Crippen LogP contribution in [-0.4, -0.2) is 16.2 Å². The number of rotatable bonds is 3. The number of hydrogen-bond donors (Lipinski definition) is 1.